The van der Waals surface area contributed by atoms with Crippen LogP contribution in [0.5, 0.6) is 0 Å². The fourth-order valence-corrected chi connectivity index (χ4v) is 1.04. The molecular formula is C9H14N2O2. The second kappa shape index (κ2) is 4.18. The lowest BCUT2D eigenvalue weighted by Crippen LogP contribution is -2.35. The van der Waals surface area contributed by atoms with E-state index in [0.29, 0.717) is 31.5 Å². The number of carbonyl (C=O) groups excluding carboxylic acids is 1. The van der Waals surface area contributed by atoms with Gasteiger partial charge in [-0.1, -0.05) is 6.58 Å². The first kappa shape index (κ1) is 9.92. The Hall–Kier alpha value is -1.16. The fraction of sp³-hybridized carbons (Fsp3) is 0.556. The van der Waals surface area contributed by atoms with Gasteiger partial charge in [0, 0.05) is 37.2 Å². The zero-order valence-electron chi connectivity index (χ0n) is 7.80. The fourth-order valence-electron chi connectivity index (χ4n) is 1.04. The van der Waals surface area contributed by atoms with Crippen molar-refractivity contribution < 1.29 is 9.63 Å². The molecule has 0 radical (unpaired) electrons. The Balaban J connectivity index is 2.34. The van der Waals surface area contributed by atoms with E-state index in [2.05, 4.69) is 6.58 Å². The summed E-state index contributed by atoms with van der Waals surface area (Å²) >= 11 is 0. The number of rotatable bonds is 2. The van der Waals surface area contributed by atoms with Crippen molar-refractivity contribution in [1.82, 2.24) is 5.06 Å². The largest absolute Gasteiger partial charge is 0.364 e. The molecule has 0 aromatic heterocycles. The molecule has 1 rings (SSSR count). The van der Waals surface area contributed by atoms with Crippen LogP contribution in [0.15, 0.2) is 12.2 Å². The van der Waals surface area contributed by atoms with Crippen molar-refractivity contribution in [3.63, 3.8) is 0 Å². The van der Waals surface area contributed by atoms with E-state index < -0.39 is 0 Å². The van der Waals surface area contributed by atoms with Gasteiger partial charge in [-0.2, -0.15) is 0 Å². The molecule has 0 aromatic carbocycles. The van der Waals surface area contributed by atoms with Gasteiger partial charge in [0.1, 0.15) is 0 Å². The molecule has 72 valence electrons. The molecule has 1 heterocycles. The number of hydrogen-bond donors (Lipinski definition) is 1. The van der Waals surface area contributed by atoms with Crippen molar-refractivity contribution in [1.29, 1.82) is 5.41 Å². The van der Waals surface area contributed by atoms with E-state index in [1.807, 2.05) is 0 Å². The van der Waals surface area contributed by atoms with Crippen molar-refractivity contribution in [2.45, 2.75) is 19.8 Å². The Morgan fingerprint density at radius 3 is 2.54 bits per heavy atom. The molecule has 0 saturated carbocycles. The van der Waals surface area contributed by atoms with Crippen LogP contribution in [0.2, 0.25) is 0 Å². The summed E-state index contributed by atoms with van der Waals surface area (Å²) in [5.74, 6) is -0.381. The molecule has 0 aromatic rings. The zero-order valence-corrected chi connectivity index (χ0v) is 7.80. The molecule has 1 saturated heterocycles. The summed E-state index contributed by atoms with van der Waals surface area (Å²) < 4.78 is 0. The van der Waals surface area contributed by atoms with Crippen molar-refractivity contribution >= 4 is 11.7 Å². The van der Waals surface area contributed by atoms with Gasteiger partial charge in [-0.05, 0) is 6.92 Å². The second-order valence-electron chi connectivity index (χ2n) is 3.19. The highest BCUT2D eigenvalue weighted by atomic mass is 16.7. The van der Waals surface area contributed by atoms with Crippen LogP contribution in [0.3, 0.4) is 0 Å². The topological polar surface area (TPSA) is 53.4 Å². The molecule has 0 atom stereocenters. The molecule has 1 aliphatic rings. The number of piperidine rings is 1. The van der Waals surface area contributed by atoms with Crippen LogP contribution < -0.4 is 0 Å². The SMILES string of the molecule is C=C(C)C(=O)ON1CCC(=N)CC1. The second-order valence-corrected chi connectivity index (χ2v) is 3.19. The Morgan fingerprint density at radius 2 is 2.08 bits per heavy atom. The molecular weight excluding hydrogens is 168 g/mol. The maximum absolute atomic E-state index is 11.1. The van der Waals surface area contributed by atoms with Gasteiger partial charge in [-0.3, -0.25) is 0 Å². The van der Waals surface area contributed by atoms with E-state index in [1.54, 1.807) is 12.0 Å². The van der Waals surface area contributed by atoms with Gasteiger partial charge in [0.25, 0.3) is 0 Å². The Morgan fingerprint density at radius 1 is 1.54 bits per heavy atom. The summed E-state index contributed by atoms with van der Waals surface area (Å²) in [6.07, 6.45) is 1.37. The average Bonchev–Trinajstić information content (AvgIpc) is 2.08. The number of hydrogen-bond acceptors (Lipinski definition) is 4. The smallest absolute Gasteiger partial charge is 0.352 e. The first-order valence-corrected chi connectivity index (χ1v) is 4.28. The van der Waals surface area contributed by atoms with Crippen LogP contribution in [0.25, 0.3) is 0 Å². The first-order chi connectivity index (χ1) is 6.09. The van der Waals surface area contributed by atoms with Gasteiger partial charge in [0.15, 0.2) is 0 Å². The lowest BCUT2D eigenvalue weighted by atomic mass is 10.1. The predicted octanol–water partition coefficient (Wildman–Crippen LogP) is 1.14. The lowest BCUT2D eigenvalue weighted by molar-refractivity contribution is -0.185. The highest BCUT2D eigenvalue weighted by molar-refractivity contribution is 5.87. The molecule has 0 amide bonds. The van der Waals surface area contributed by atoms with E-state index in [4.69, 9.17) is 10.2 Å². The van der Waals surface area contributed by atoms with Gasteiger partial charge in [-0.25, -0.2) is 4.79 Å². The Bertz CT molecular complexity index is 238. The molecule has 1 N–H and O–H groups in total. The maximum Gasteiger partial charge on any atom is 0.352 e. The van der Waals surface area contributed by atoms with Crippen LogP contribution >= 0.6 is 0 Å². The Kier molecular flexibility index (Phi) is 3.19. The van der Waals surface area contributed by atoms with Gasteiger partial charge >= 0.3 is 5.97 Å². The van der Waals surface area contributed by atoms with Gasteiger partial charge in [0.2, 0.25) is 0 Å². The van der Waals surface area contributed by atoms with Crippen LogP contribution in [-0.2, 0) is 9.63 Å². The number of nitrogens with one attached hydrogen (secondary N) is 1. The predicted molar refractivity (Wildman–Crippen MR) is 49.4 cm³/mol. The minimum atomic E-state index is -0.381. The third-order valence-electron chi connectivity index (χ3n) is 1.89. The van der Waals surface area contributed by atoms with Crippen molar-refractivity contribution in [2.24, 2.45) is 0 Å². The summed E-state index contributed by atoms with van der Waals surface area (Å²) in [6, 6.07) is 0. The van der Waals surface area contributed by atoms with E-state index >= 15 is 0 Å². The molecule has 0 spiro atoms. The van der Waals surface area contributed by atoms with Crippen LogP contribution in [-0.4, -0.2) is 29.8 Å². The minimum absolute atomic E-state index is 0.381. The summed E-state index contributed by atoms with van der Waals surface area (Å²) in [5, 5.41) is 8.95. The van der Waals surface area contributed by atoms with E-state index in [1.165, 1.54) is 0 Å². The quantitative estimate of drug-likeness (QED) is 0.651. The normalized spacial score (nSPS) is 18.4. The van der Waals surface area contributed by atoms with E-state index in [0.717, 1.165) is 5.71 Å². The summed E-state index contributed by atoms with van der Waals surface area (Å²) in [6.45, 7) is 6.36. The Labute approximate surface area is 77.6 Å². The molecule has 1 aliphatic heterocycles. The summed E-state index contributed by atoms with van der Waals surface area (Å²) in [5.41, 5.74) is 1.13. The summed E-state index contributed by atoms with van der Waals surface area (Å²) in [4.78, 5) is 16.1. The monoisotopic (exact) mass is 182 g/mol. The third kappa shape index (κ3) is 2.99. The number of carbonyl (C=O) groups is 1. The molecule has 0 aliphatic carbocycles. The van der Waals surface area contributed by atoms with Crippen molar-refractivity contribution in [2.75, 3.05) is 13.1 Å². The molecule has 13 heavy (non-hydrogen) atoms. The minimum Gasteiger partial charge on any atom is -0.364 e. The molecule has 4 nitrogen and oxygen atoms in total. The van der Waals surface area contributed by atoms with Gasteiger partial charge < -0.3 is 10.2 Å². The standard InChI is InChI=1S/C9H14N2O2/c1-7(2)9(12)13-11-5-3-8(10)4-6-11/h10H,1,3-6H2,2H3. The van der Waals surface area contributed by atoms with Gasteiger partial charge in [0.05, 0.1) is 0 Å². The highest BCUT2D eigenvalue weighted by Gasteiger charge is 2.17. The lowest BCUT2D eigenvalue weighted by Gasteiger charge is -2.25. The van der Waals surface area contributed by atoms with E-state index in [-0.39, 0.29) is 5.97 Å². The van der Waals surface area contributed by atoms with Crippen LogP contribution in [0, 0.1) is 5.41 Å². The van der Waals surface area contributed by atoms with Gasteiger partial charge in [-0.15, -0.1) is 5.06 Å². The third-order valence-corrected chi connectivity index (χ3v) is 1.89. The number of hydroxylamine groups is 2. The zero-order chi connectivity index (χ0) is 9.84. The van der Waals surface area contributed by atoms with Crippen LogP contribution in [0.1, 0.15) is 19.8 Å². The maximum atomic E-state index is 11.1. The molecule has 0 unspecified atom stereocenters. The first-order valence-electron chi connectivity index (χ1n) is 4.28. The van der Waals surface area contributed by atoms with Crippen molar-refractivity contribution in [3.8, 4) is 0 Å². The van der Waals surface area contributed by atoms with Crippen LogP contribution in [0.4, 0.5) is 0 Å². The highest BCUT2D eigenvalue weighted by Crippen LogP contribution is 2.07. The molecule has 4 heteroatoms. The van der Waals surface area contributed by atoms with E-state index in [9.17, 15) is 4.79 Å². The number of nitrogens with zero attached hydrogens (tertiary/aromatic N) is 1. The van der Waals surface area contributed by atoms with Crippen molar-refractivity contribution in [3.05, 3.63) is 12.2 Å². The molecule has 1 fully saturated rings. The molecule has 0 bridgehead atoms. The average molecular weight is 182 g/mol. The summed E-state index contributed by atoms with van der Waals surface area (Å²) in [7, 11) is 0.